The molecular formula is C11H13N2O4+. The van der Waals surface area contributed by atoms with Crippen LogP contribution in [0, 0.1) is 0 Å². The average Bonchev–Trinajstić information content (AvgIpc) is 2.30. The zero-order chi connectivity index (χ0) is 13.0. The van der Waals surface area contributed by atoms with Crippen LogP contribution < -0.4 is 9.47 Å². The molecule has 0 saturated carbocycles. The van der Waals surface area contributed by atoms with Gasteiger partial charge in [-0.05, 0) is 0 Å². The maximum atomic E-state index is 11.2. The van der Waals surface area contributed by atoms with Crippen molar-refractivity contribution in [3.63, 3.8) is 0 Å². The third-order valence-electron chi connectivity index (χ3n) is 2.16. The van der Waals surface area contributed by atoms with Crippen LogP contribution in [0.15, 0.2) is 30.8 Å². The lowest BCUT2D eigenvalue weighted by molar-refractivity contribution is -0.577. The third kappa shape index (κ3) is 2.81. The summed E-state index contributed by atoms with van der Waals surface area (Å²) in [5, 5.41) is 17.5. The van der Waals surface area contributed by atoms with Crippen LogP contribution in [0.1, 0.15) is 0 Å². The SMILES string of the molecule is CN(C)c1cc[n+](/C(=C\O)C(=O)C(=O)O)cc1. The van der Waals surface area contributed by atoms with Crippen molar-refractivity contribution < 1.29 is 24.4 Å². The summed E-state index contributed by atoms with van der Waals surface area (Å²) in [7, 11) is 3.70. The molecule has 0 saturated heterocycles. The Bertz CT molecular complexity index is 463. The van der Waals surface area contributed by atoms with E-state index < -0.39 is 11.8 Å². The third-order valence-corrected chi connectivity index (χ3v) is 2.16. The molecule has 90 valence electrons. The summed E-state index contributed by atoms with van der Waals surface area (Å²) in [6.45, 7) is 0. The van der Waals surface area contributed by atoms with Gasteiger partial charge >= 0.3 is 17.4 Å². The Balaban J connectivity index is 3.07. The van der Waals surface area contributed by atoms with Gasteiger partial charge in [0, 0.05) is 31.9 Å². The number of hydrogen-bond acceptors (Lipinski definition) is 4. The van der Waals surface area contributed by atoms with Crippen LogP contribution in [-0.4, -0.2) is 36.1 Å². The van der Waals surface area contributed by atoms with Gasteiger partial charge < -0.3 is 15.1 Å². The summed E-state index contributed by atoms with van der Waals surface area (Å²) < 4.78 is 1.24. The molecule has 0 radical (unpaired) electrons. The van der Waals surface area contributed by atoms with Crippen molar-refractivity contribution in [2.75, 3.05) is 19.0 Å². The minimum atomic E-state index is -1.62. The number of nitrogens with zero attached hydrogens (tertiary/aromatic N) is 2. The van der Waals surface area contributed by atoms with Crippen LogP contribution >= 0.6 is 0 Å². The summed E-state index contributed by atoms with van der Waals surface area (Å²) in [4.78, 5) is 23.6. The Kier molecular flexibility index (Phi) is 3.82. The normalized spacial score (nSPS) is 11.1. The number of rotatable bonds is 4. The van der Waals surface area contributed by atoms with Crippen LogP contribution in [0.5, 0.6) is 0 Å². The molecule has 17 heavy (non-hydrogen) atoms. The summed E-state index contributed by atoms with van der Waals surface area (Å²) in [5.41, 5.74) is 0.573. The molecule has 0 aromatic carbocycles. The smallest absolute Gasteiger partial charge is 0.383 e. The lowest BCUT2D eigenvalue weighted by Crippen LogP contribution is -2.38. The van der Waals surface area contributed by atoms with Crippen molar-refractivity contribution in [2.24, 2.45) is 0 Å². The number of aliphatic carboxylic acids is 1. The van der Waals surface area contributed by atoms with E-state index in [9.17, 15) is 9.59 Å². The number of pyridine rings is 1. The Morgan fingerprint density at radius 1 is 1.29 bits per heavy atom. The van der Waals surface area contributed by atoms with Gasteiger partial charge in [0.05, 0.1) is 0 Å². The number of carboxylic acids is 1. The van der Waals surface area contributed by atoms with Crippen molar-refractivity contribution >= 4 is 23.1 Å². The molecule has 0 amide bonds. The van der Waals surface area contributed by atoms with Crippen LogP contribution in [0.2, 0.25) is 0 Å². The number of anilines is 1. The Hall–Kier alpha value is -2.37. The lowest BCUT2D eigenvalue weighted by atomic mass is 10.3. The number of aromatic nitrogens is 1. The van der Waals surface area contributed by atoms with Crippen molar-refractivity contribution in [1.82, 2.24) is 0 Å². The van der Waals surface area contributed by atoms with Gasteiger partial charge in [-0.1, -0.05) is 0 Å². The number of carbonyl (C=O) groups excluding carboxylic acids is 1. The second kappa shape index (κ2) is 5.11. The van der Waals surface area contributed by atoms with Crippen molar-refractivity contribution in [3.8, 4) is 0 Å². The van der Waals surface area contributed by atoms with Crippen LogP contribution in [0.4, 0.5) is 5.69 Å². The van der Waals surface area contributed by atoms with Gasteiger partial charge in [-0.3, -0.25) is 4.79 Å². The van der Waals surface area contributed by atoms with Gasteiger partial charge in [-0.2, -0.15) is 4.57 Å². The maximum absolute atomic E-state index is 11.2. The van der Waals surface area contributed by atoms with E-state index in [1.165, 1.54) is 17.0 Å². The minimum absolute atomic E-state index is 0.317. The van der Waals surface area contributed by atoms with Crippen molar-refractivity contribution in [3.05, 3.63) is 30.8 Å². The summed E-state index contributed by atoms with van der Waals surface area (Å²) in [5.74, 6) is -2.79. The van der Waals surface area contributed by atoms with E-state index in [1.807, 2.05) is 19.0 Å². The Labute approximate surface area is 98.0 Å². The molecule has 1 heterocycles. The number of Topliss-reactive ketones (excluding diaryl/α,β-unsaturated/α-hetero) is 1. The van der Waals surface area contributed by atoms with Crippen molar-refractivity contribution in [1.29, 1.82) is 0 Å². The molecule has 0 aliphatic heterocycles. The molecule has 0 aliphatic rings. The minimum Gasteiger partial charge on any atom is -0.509 e. The maximum Gasteiger partial charge on any atom is 0.383 e. The molecular weight excluding hydrogens is 224 g/mol. The summed E-state index contributed by atoms with van der Waals surface area (Å²) >= 11 is 0. The van der Waals surface area contributed by atoms with E-state index in [2.05, 4.69) is 0 Å². The highest BCUT2D eigenvalue weighted by Gasteiger charge is 2.26. The molecule has 0 bridgehead atoms. The highest BCUT2D eigenvalue weighted by Crippen LogP contribution is 2.07. The molecule has 0 spiro atoms. The van der Waals surface area contributed by atoms with Gasteiger partial charge in [0.25, 0.3) is 0 Å². The molecule has 6 heteroatoms. The number of ketones is 1. The second-order valence-electron chi connectivity index (χ2n) is 3.51. The molecule has 0 unspecified atom stereocenters. The molecule has 0 aliphatic carbocycles. The first kappa shape index (κ1) is 12.7. The first-order valence-electron chi connectivity index (χ1n) is 4.78. The van der Waals surface area contributed by atoms with E-state index in [-0.39, 0.29) is 5.70 Å². The molecule has 2 N–H and O–H groups in total. The predicted octanol–water partition coefficient (Wildman–Crippen LogP) is 0.0502. The van der Waals surface area contributed by atoms with E-state index in [0.717, 1.165) is 5.69 Å². The number of aliphatic hydroxyl groups excluding tert-OH is 1. The summed E-state index contributed by atoms with van der Waals surface area (Å²) in [6.07, 6.45) is 3.47. The molecule has 6 nitrogen and oxygen atoms in total. The van der Waals surface area contributed by atoms with Gasteiger partial charge in [0.2, 0.25) is 0 Å². The summed E-state index contributed by atoms with van der Waals surface area (Å²) in [6, 6.07) is 3.39. The zero-order valence-electron chi connectivity index (χ0n) is 9.49. The standard InChI is InChI=1S/C11H12N2O4/c1-12(2)8-3-5-13(6-4-8)9(7-14)10(15)11(16)17/h3-7H,1-2H3,(H-,14,15,16,17)/p+1. The topological polar surface area (TPSA) is 81.7 Å². The van der Waals surface area contributed by atoms with Crippen LogP contribution in [-0.2, 0) is 9.59 Å². The lowest BCUT2D eigenvalue weighted by Gasteiger charge is -2.10. The van der Waals surface area contributed by atoms with E-state index in [0.29, 0.717) is 6.26 Å². The van der Waals surface area contributed by atoms with E-state index in [4.69, 9.17) is 10.2 Å². The number of hydrogen-bond donors (Lipinski definition) is 2. The Morgan fingerprint density at radius 3 is 2.18 bits per heavy atom. The fraction of sp³-hybridized carbons (Fsp3) is 0.182. The molecule has 0 fully saturated rings. The highest BCUT2D eigenvalue weighted by molar-refractivity contribution is 6.47. The molecule has 1 rings (SSSR count). The largest absolute Gasteiger partial charge is 0.509 e. The Morgan fingerprint density at radius 2 is 1.82 bits per heavy atom. The number of carboxylic acid groups (broad SMARTS) is 1. The quantitative estimate of drug-likeness (QED) is 0.335. The number of carbonyl (C=O) groups is 2. The fourth-order valence-electron chi connectivity index (χ4n) is 1.23. The molecule has 1 aromatic rings. The van der Waals surface area contributed by atoms with Gasteiger partial charge in [-0.15, -0.1) is 0 Å². The van der Waals surface area contributed by atoms with Gasteiger partial charge in [0.15, 0.2) is 18.7 Å². The van der Waals surface area contributed by atoms with Crippen molar-refractivity contribution in [2.45, 2.75) is 0 Å². The van der Waals surface area contributed by atoms with Gasteiger partial charge in [0.1, 0.15) is 0 Å². The fourth-order valence-corrected chi connectivity index (χ4v) is 1.23. The monoisotopic (exact) mass is 237 g/mol. The second-order valence-corrected chi connectivity index (χ2v) is 3.51. The average molecular weight is 237 g/mol. The van der Waals surface area contributed by atoms with Gasteiger partial charge in [-0.25, -0.2) is 4.79 Å². The van der Waals surface area contributed by atoms with Crippen LogP contribution in [0.3, 0.4) is 0 Å². The first-order valence-corrected chi connectivity index (χ1v) is 4.78. The van der Waals surface area contributed by atoms with E-state index >= 15 is 0 Å². The van der Waals surface area contributed by atoms with Crippen LogP contribution in [0.25, 0.3) is 5.70 Å². The zero-order valence-corrected chi connectivity index (χ0v) is 9.49. The first-order chi connectivity index (χ1) is 7.97. The van der Waals surface area contributed by atoms with E-state index in [1.54, 1.807) is 12.1 Å². The predicted molar refractivity (Wildman–Crippen MR) is 60.5 cm³/mol. The number of aliphatic hydroxyl groups is 1. The molecule has 0 atom stereocenters. The molecule has 1 aromatic heterocycles. The highest BCUT2D eigenvalue weighted by atomic mass is 16.4.